The highest BCUT2D eigenvalue weighted by molar-refractivity contribution is 5.95. The highest BCUT2D eigenvalue weighted by Gasteiger charge is 2.17. The molecule has 202 valence electrons. The van der Waals surface area contributed by atoms with Gasteiger partial charge in [0.15, 0.2) is 11.6 Å². The summed E-state index contributed by atoms with van der Waals surface area (Å²) in [5.41, 5.74) is 5.50. The number of methoxy groups -OCH3 is 1. The zero-order valence-electron chi connectivity index (χ0n) is 23.5. The van der Waals surface area contributed by atoms with Gasteiger partial charge in [-0.05, 0) is 54.0 Å². The molecule has 7 nitrogen and oxygen atoms in total. The Labute approximate surface area is 227 Å². The van der Waals surface area contributed by atoms with Gasteiger partial charge in [0.25, 0.3) is 0 Å². The lowest BCUT2D eigenvalue weighted by Crippen LogP contribution is -2.43. The molecule has 38 heavy (non-hydrogen) atoms. The van der Waals surface area contributed by atoms with Gasteiger partial charge in [0.05, 0.1) is 12.8 Å². The summed E-state index contributed by atoms with van der Waals surface area (Å²) in [5.74, 6) is 1.75. The lowest BCUT2D eigenvalue weighted by molar-refractivity contribution is 0.221. The zero-order valence-corrected chi connectivity index (χ0v) is 23.5. The van der Waals surface area contributed by atoms with E-state index in [9.17, 15) is 4.79 Å². The fourth-order valence-electron chi connectivity index (χ4n) is 4.24. The SMILES string of the molecule is CCN(C(=N)CCCc1ccc(-c2ccc(OC)c(NC)n2)cc1)C(=O)NCc1ccc(C(C)(C)C)cc1. The second kappa shape index (κ2) is 13.1. The molecule has 0 saturated carbocycles. The Morgan fingerprint density at radius 2 is 1.66 bits per heavy atom. The number of ether oxygens (including phenoxy) is 1. The normalized spacial score (nSPS) is 11.1. The van der Waals surface area contributed by atoms with Crippen LogP contribution in [0.15, 0.2) is 60.7 Å². The Bertz CT molecular complexity index is 1210. The maximum absolute atomic E-state index is 12.8. The Kier molecular flexibility index (Phi) is 9.88. The van der Waals surface area contributed by atoms with Crippen LogP contribution in [-0.4, -0.2) is 42.5 Å². The van der Waals surface area contributed by atoms with Crippen LogP contribution in [0.5, 0.6) is 5.75 Å². The van der Waals surface area contributed by atoms with Crippen molar-refractivity contribution in [1.29, 1.82) is 5.41 Å². The third kappa shape index (κ3) is 7.57. The topological polar surface area (TPSA) is 90.3 Å². The molecule has 0 aliphatic carbocycles. The fourth-order valence-corrected chi connectivity index (χ4v) is 4.24. The van der Waals surface area contributed by atoms with Gasteiger partial charge in [-0.2, -0.15) is 0 Å². The maximum Gasteiger partial charge on any atom is 0.323 e. The first kappa shape index (κ1) is 28.7. The van der Waals surface area contributed by atoms with Crippen LogP contribution in [0.3, 0.4) is 0 Å². The van der Waals surface area contributed by atoms with Crippen molar-refractivity contribution in [1.82, 2.24) is 15.2 Å². The molecule has 3 N–H and O–H groups in total. The number of nitrogens with one attached hydrogen (secondary N) is 3. The Morgan fingerprint density at radius 3 is 2.24 bits per heavy atom. The number of anilines is 1. The maximum atomic E-state index is 12.8. The number of carbonyl (C=O) groups is 1. The number of amides is 2. The number of amidine groups is 1. The molecular formula is C31H41N5O2. The lowest BCUT2D eigenvalue weighted by atomic mass is 9.87. The number of carbonyl (C=O) groups excluding carboxylic acids is 1. The molecule has 0 atom stereocenters. The van der Waals surface area contributed by atoms with Crippen LogP contribution in [0, 0.1) is 5.41 Å². The van der Waals surface area contributed by atoms with Gasteiger partial charge in [0.1, 0.15) is 5.84 Å². The Hall–Kier alpha value is -3.87. The van der Waals surface area contributed by atoms with Crippen LogP contribution >= 0.6 is 0 Å². The summed E-state index contributed by atoms with van der Waals surface area (Å²) in [7, 11) is 3.45. The van der Waals surface area contributed by atoms with Gasteiger partial charge < -0.3 is 15.4 Å². The molecule has 0 aliphatic heterocycles. The highest BCUT2D eigenvalue weighted by Crippen LogP contribution is 2.27. The molecule has 3 rings (SSSR count). The smallest absolute Gasteiger partial charge is 0.323 e. The third-order valence-corrected chi connectivity index (χ3v) is 6.59. The van der Waals surface area contributed by atoms with E-state index in [4.69, 9.17) is 10.1 Å². The molecule has 0 spiro atoms. The zero-order chi connectivity index (χ0) is 27.7. The van der Waals surface area contributed by atoms with E-state index >= 15 is 0 Å². The minimum atomic E-state index is -0.227. The Morgan fingerprint density at radius 1 is 1.00 bits per heavy atom. The van der Waals surface area contributed by atoms with Crippen LogP contribution < -0.4 is 15.4 Å². The van der Waals surface area contributed by atoms with Gasteiger partial charge >= 0.3 is 6.03 Å². The molecule has 0 saturated heterocycles. The van der Waals surface area contributed by atoms with E-state index in [0.717, 1.165) is 29.7 Å². The van der Waals surface area contributed by atoms with E-state index in [2.05, 4.69) is 84.9 Å². The van der Waals surface area contributed by atoms with E-state index in [-0.39, 0.29) is 11.4 Å². The van der Waals surface area contributed by atoms with E-state index in [1.54, 1.807) is 7.11 Å². The number of hydrogen-bond donors (Lipinski definition) is 3. The Balaban J connectivity index is 1.49. The predicted octanol–water partition coefficient (Wildman–Crippen LogP) is 6.63. The molecular weight excluding hydrogens is 474 g/mol. The molecule has 7 heteroatoms. The number of aromatic nitrogens is 1. The number of urea groups is 1. The van der Waals surface area contributed by atoms with E-state index < -0.39 is 0 Å². The number of aryl methyl sites for hydroxylation is 1. The van der Waals surface area contributed by atoms with Crippen LogP contribution in [0.1, 0.15) is 57.2 Å². The molecule has 2 amide bonds. The summed E-state index contributed by atoms with van der Waals surface area (Å²) >= 11 is 0. The van der Waals surface area contributed by atoms with Gasteiger partial charge in [0.2, 0.25) is 0 Å². The molecule has 1 aromatic heterocycles. The molecule has 3 aromatic rings. The van der Waals surface area contributed by atoms with Gasteiger partial charge in [-0.15, -0.1) is 0 Å². The average Bonchev–Trinajstić information content (AvgIpc) is 2.92. The summed E-state index contributed by atoms with van der Waals surface area (Å²) in [5, 5.41) is 14.5. The van der Waals surface area contributed by atoms with Crippen molar-refractivity contribution in [2.45, 2.75) is 58.9 Å². The third-order valence-electron chi connectivity index (χ3n) is 6.59. The van der Waals surface area contributed by atoms with Gasteiger partial charge in [-0.1, -0.05) is 69.3 Å². The fraction of sp³-hybridized carbons (Fsp3) is 0.387. The molecule has 1 heterocycles. The van der Waals surface area contributed by atoms with Crippen LogP contribution in [0.2, 0.25) is 0 Å². The van der Waals surface area contributed by atoms with Crippen molar-refractivity contribution in [3.8, 4) is 17.0 Å². The van der Waals surface area contributed by atoms with Crippen LogP contribution in [0.4, 0.5) is 10.6 Å². The molecule has 0 radical (unpaired) electrons. The van der Waals surface area contributed by atoms with E-state index in [0.29, 0.717) is 36.9 Å². The quantitative estimate of drug-likeness (QED) is 0.209. The number of hydrogen-bond acceptors (Lipinski definition) is 5. The second-order valence-corrected chi connectivity index (χ2v) is 10.3. The van der Waals surface area contributed by atoms with Crippen LogP contribution in [-0.2, 0) is 18.4 Å². The molecule has 0 fully saturated rings. The van der Waals surface area contributed by atoms with Gasteiger partial charge in [-0.25, -0.2) is 9.78 Å². The molecule has 2 aromatic carbocycles. The summed E-state index contributed by atoms with van der Waals surface area (Å²) in [6.45, 7) is 9.36. The standard InChI is InChI=1S/C31H41N5O2/c1-7-36(30(37)34-21-23-13-17-25(18-14-23)31(2,3)4)28(32)10-8-9-22-11-15-24(16-12-22)26-19-20-27(38-6)29(33-5)35-26/h11-20,32H,7-10,21H2,1-6H3,(H,33,35)(H,34,37). The van der Waals surface area contributed by atoms with E-state index in [1.165, 1.54) is 16.0 Å². The first-order valence-corrected chi connectivity index (χ1v) is 13.2. The summed E-state index contributed by atoms with van der Waals surface area (Å²) < 4.78 is 5.33. The van der Waals surface area contributed by atoms with Crippen molar-refractivity contribution in [3.63, 3.8) is 0 Å². The van der Waals surface area contributed by atoms with Crippen LogP contribution in [0.25, 0.3) is 11.3 Å². The minimum Gasteiger partial charge on any atom is -0.493 e. The number of rotatable bonds is 10. The van der Waals surface area contributed by atoms with Crippen molar-refractivity contribution in [3.05, 3.63) is 77.4 Å². The summed E-state index contributed by atoms with van der Waals surface area (Å²) in [6.07, 6.45) is 2.16. The van der Waals surface area contributed by atoms with Crippen molar-refractivity contribution in [2.24, 2.45) is 0 Å². The summed E-state index contributed by atoms with van der Waals surface area (Å²) in [4.78, 5) is 18.9. The predicted molar refractivity (Wildman–Crippen MR) is 156 cm³/mol. The highest BCUT2D eigenvalue weighted by atomic mass is 16.5. The molecule has 0 unspecified atom stereocenters. The van der Waals surface area contributed by atoms with Crippen molar-refractivity contribution < 1.29 is 9.53 Å². The van der Waals surface area contributed by atoms with Gasteiger partial charge in [0, 0.05) is 32.1 Å². The molecule has 0 aliphatic rings. The molecule has 0 bridgehead atoms. The second-order valence-electron chi connectivity index (χ2n) is 10.3. The van der Waals surface area contributed by atoms with E-state index in [1.807, 2.05) is 26.1 Å². The average molecular weight is 516 g/mol. The van der Waals surface area contributed by atoms with Crippen molar-refractivity contribution >= 4 is 17.7 Å². The number of nitrogens with zero attached hydrogens (tertiary/aromatic N) is 2. The van der Waals surface area contributed by atoms with Crippen molar-refractivity contribution in [2.75, 3.05) is 26.0 Å². The monoisotopic (exact) mass is 515 g/mol. The number of pyridine rings is 1. The first-order chi connectivity index (χ1) is 18.2. The lowest BCUT2D eigenvalue weighted by Gasteiger charge is -2.22. The minimum absolute atomic E-state index is 0.0993. The summed E-state index contributed by atoms with van der Waals surface area (Å²) in [6, 6.07) is 20.3. The van der Waals surface area contributed by atoms with Gasteiger partial charge in [-0.3, -0.25) is 10.3 Å². The first-order valence-electron chi connectivity index (χ1n) is 13.2. The largest absolute Gasteiger partial charge is 0.493 e. The number of benzene rings is 2.